The number of rotatable bonds is 8. The van der Waals surface area contributed by atoms with E-state index in [0.29, 0.717) is 25.7 Å². The Kier molecular flexibility index (Phi) is 7.00. The van der Waals surface area contributed by atoms with E-state index >= 15 is 0 Å². The third kappa shape index (κ3) is 4.83. The van der Waals surface area contributed by atoms with Gasteiger partial charge in [-0.25, -0.2) is 0 Å². The molecule has 156 valence electrons. The number of hydrogen-bond acceptors (Lipinski definition) is 4. The predicted octanol–water partition coefficient (Wildman–Crippen LogP) is 3.29. The Hall–Kier alpha value is -2.29. The highest BCUT2D eigenvalue weighted by atomic mass is 16.5. The lowest BCUT2D eigenvalue weighted by atomic mass is 9.86. The Morgan fingerprint density at radius 2 is 2.21 bits per heavy atom. The van der Waals surface area contributed by atoms with Crippen LogP contribution >= 0.6 is 0 Å². The van der Waals surface area contributed by atoms with Crippen molar-refractivity contribution in [2.75, 3.05) is 0 Å². The average molecular weight is 398 g/mol. The Labute approximate surface area is 172 Å². The van der Waals surface area contributed by atoms with Crippen LogP contribution < -0.4 is 4.74 Å². The molecule has 0 saturated heterocycles. The van der Waals surface area contributed by atoms with Crippen molar-refractivity contribution in [3.05, 3.63) is 41.5 Å². The van der Waals surface area contributed by atoms with E-state index < -0.39 is 18.2 Å². The van der Waals surface area contributed by atoms with Crippen LogP contribution in [0, 0.1) is 23.7 Å². The third-order valence-electron chi connectivity index (χ3n) is 6.04. The van der Waals surface area contributed by atoms with Crippen LogP contribution in [0.25, 0.3) is 0 Å². The van der Waals surface area contributed by atoms with Crippen LogP contribution in [0.5, 0.6) is 5.75 Å². The van der Waals surface area contributed by atoms with Gasteiger partial charge in [-0.2, -0.15) is 0 Å². The molecule has 5 nitrogen and oxygen atoms in total. The maximum absolute atomic E-state index is 10.8. The smallest absolute Gasteiger partial charge is 0.303 e. The summed E-state index contributed by atoms with van der Waals surface area (Å²) in [6, 6.07) is 6.01. The van der Waals surface area contributed by atoms with Crippen molar-refractivity contribution >= 4 is 5.97 Å². The van der Waals surface area contributed by atoms with Crippen LogP contribution in [0.2, 0.25) is 0 Å². The van der Waals surface area contributed by atoms with E-state index in [2.05, 4.69) is 11.8 Å². The molecule has 0 radical (unpaired) electrons. The molecule has 1 saturated carbocycles. The minimum absolute atomic E-state index is 0.0287. The number of benzene rings is 1. The lowest BCUT2D eigenvalue weighted by Gasteiger charge is -2.19. The van der Waals surface area contributed by atoms with Crippen molar-refractivity contribution in [2.24, 2.45) is 11.8 Å². The molecule has 1 aliphatic carbocycles. The van der Waals surface area contributed by atoms with Crippen molar-refractivity contribution in [3.63, 3.8) is 0 Å². The van der Waals surface area contributed by atoms with Gasteiger partial charge in [-0.1, -0.05) is 37.3 Å². The topological polar surface area (TPSA) is 87.0 Å². The molecule has 1 aliphatic heterocycles. The lowest BCUT2D eigenvalue weighted by molar-refractivity contribution is -0.137. The minimum atomic E-state index is -0.790. The second-order valence-electron chi connectivity index (χ2n) is 8.13. The molecule has 0 aromatic heterocycles. The molecular formula is C24H30O5. The van der Waals surface area contributed by atoms with Gasteiger partial charge in [-0.15, -0.1) is 11.8 Å². The zero-order valence-electron chi connectivity index (χ0n) is 17.0. The van der Waals surface area contributed by atoms with Crippen LogP contribution in [-0.2, 0) is 11.2 Å². The maximum Gasteiger partial charge on any atom is 0.303 e. The zero-order chi connectivity index (χ0) is 21.0. The van der Waals surface area contributed by atoms with Gasteiger partial charge in [0.05, 0.1) is 12.2 Å². The van der Waals surface area contributed by atoms with Crippen molar-refractivity contribution < 1.29 is 24.9 Å². The summed E-state index contributed by atoms with van der Waals surface area (Å²) >= 11 is 0. The van der Waals surface area contributed by atoms with Crippen LogP contribution in [0.15, 0.2) is 30.4 Å². The summed E-state index contributed by atoms with van der Waals surface area (Å²) < 4.78 is 6.21. The van der Waals surface area contributed by atoms with Crippen molar-refractivity contribution in [1.82, 2.24) is 0 Å². The van der Waals surface area contributed by atoms with Crippen LogP contribution in [0.4, 0.5) is 0 Å². The van der Waals surface area contributed by atoms with Gasteiger partial charge < -0.3 is 20.1 Å². The highest BCUT2D eigenvalue weighted by Gasteiger charge is 2.48. The van der Waals surface area contributed by atoms with E-state index in [9.17, 15) is 15.0 Å². The number of aliphatic hydroxyl groups is 2. The van der Waals surface area contributed by atoms with Crippen molar-refractivity contribution in [1.29, 1.82) is 0 Å². The summed E-state index contributed by atoms with van der Waals surface area (Å²) in [6.07, 6.45) is 5.07. The summed E-state index contributed by atoms with van der Waals surface area (Å²) in [5.41, 5.74) is 2.11. The van der Waals surface area contributed by atoms with Gasteiger partial charge >= 0.3 is 5.97 Å². The van der Waals surface area contributed by atoms with Gasteiger partial charge in [0.25, 0.3) is 0 Å². The predicted molar refractivity (Wildman–Crippen MR) is 111 cm³/mol. The molecule has 1 heterocycles. The van der Waals surface area contributed by atoms with E-state index in [4.69, 9.17) is 9.84 Å². The molecule has 0 bridgehead atoms. The molecular weight excluding hydrogens is 368 g/mol. The molecule has 0 amide bonds. The van der Waals surface area contributed by atoms with Gasteiger partial charge in [0, 0.05) is 36.7 Å². The van der Waals surface area contributed by atoms with Gasteiger partial charge in [-0.3, -0.25) is 4.79 Å². The normalized spacial score (nSPS) is 26.9. The number of hydrogen-bond donors (Lipinski definition) is 3. The number of aliphatic carboxylic acids is 1. The Bertz CT molecular complexity index is 818. The van der Waals surface area contributed by atoms with E-state index in [-0.39, 0.29) is 30.3 Å². The number of para-hydroxylation sites is 1. The second-order valence-corrected chi connectivity index (χ2v) is 8.13. The first-order valence-electron chi connectivity index (χ1n) is 10.4. The fourth-order valence-corrected chi connectivity index (χ4v) is 4.41. The Morgan fingerprint density at radius 3 is 2.93 bits per heavy atom. The fourth-order valence-electron chi connectivity index (χ4n) is 4.41. The van der Waals surface area contributed by atoms with Gasteiger partial charge in [-0.05, 0) is 31.2 Å². The number of ether oxygens (including phenoxy) is 1. The number of fused-ring (bicyclic) bond motifs is 3. The Balaban J connectivity index is 1.75. The number of aliphatic hydroxyl groups excluding tert-OH is 2. The quantitative estimate of drug-likeness (QED) is 0.462. The third-order valence-corrected chi connectivity index (χ3v) is 6.04. The van der Waals surface area contributed by atoms with E-state index in [1.165, 1.54) is 0 Å². The van der Waals surface area contributed by atoms with Crippen molar-refractivity contribution in [3.8, 4) is 17.6 Å². The van der Waals surface area contributed by atoms with Crippen LogP contribution in [0.3, 0.4) is 0 Å². The summed E-state index contributed by atoms with van der Waals surface area (Å²) in [6.45, 7) is 3.75. The minimum Gasteiger partial charge on any atom is -0.489 e. The molecule has 29 heavy (non-hydrogen) atoms. The zero-order valence-corrected chi connectivity index (χ0v) is 17.0. The summed E-state index contributed by atoms with van der Waals surface area (Å²) in [4.78, 5) is 10.8. The maximum atomic E-state index is 10.8. The van der Waals surface area contributed by atoms with Crippen LogP contribution in [-0.4, -0.2) is 39.6 Å². The van der Waals surface area contributed by atoms with E-state index in [0.717, 1.165) is 16.9 Å². The molecule has 1 fully saturated rings. The highest BCUT2D eigenvalue weighted by molar-refractivity contribution is 5.66. The molecule has 0 spiro atoms. The first-order chi connectivity index (χ1) is 13.9. The second kappa shape index (κ2) is 9.47. The average Bonchev–Trinajstić information content (AvgIpc) is 3.19. The fraction of sp³-hybridized carbons (Fsp3) is 0.542. The molecule has 1 aromatic carbocycles. The highest BCUT2D eigenvalue weighted by Crippen LogP contribution is 2.52. The summed E-state index contributed by atoms with van der Waals surface area (Å²) in [5, 5.41) is 29.9. The Morgan fingerprint density at radius 1 is 1.41 bits per heavy atom. The molecule has 3 rings (SSSR count). The lowest BCUT2D eigenvalue weighted by Crippen LogP contribution is -2.19. The number of carbonyl (C=O) groups is 1. The first kappa shape index (κ1) is 21.4. The van der Waals surface area contributed by atoms with Gasteiger partial charge in [0.2, 0.25) is 0 Å². The number of aryl methyl sites for hydroxylation is 1. The molecule has 1 aromatic rings. The summed E-state index contributed by atoms with van der Waals surface area (Å²) in [5.74, 6) is 5.87. The standard InChI is InChI=1S/C24H30O5/c1-3-4-7-15(2)19(25)13-12-17-20(26)14-21-23(17)18-10-5-8-16(24(18)29-21)9-6-11-22(27)28/h5,8,10,12-13,15,17,19-21,23,25-26H,6-7,9,11,14H2,1-2H3,(H,27,28)/b13-12+/t15?,17?,19-,20-,21+,23+/m1/s1. The molecule has 5 heteroatoms. The van der Waals surface area contributed by atoms with Crippen LogP contribution in [0.1, 0.15) is 56.6 Å². The van der Waals surface area contributed by atoms with Crippen molar-refractivity contribution in [2.45, 2.75) is 70.2 Å². The van der Waals surface area contributed by atoms with Gasteiger partial charge in [0.1, 0.15) is 11.9 Å². The number of carboxylic acid groups (broad SMARTS) is 1. The number of carboxylic acids is 1. The monoisotopic (exact) mass is 398 g/mol. The largest absolute Gasteiger partial charge is 0.489 e. The molecule has 6 atom stereocenters. The SMILES string of the molecule is CC#CCC(C)[C@H](O)/C=C/C1[C@H](O)C[C@@H]2Oc3c(CCCC(=O)O)cccc3[C@H]12. The molecule has 2 unspecified atom stereocenters. The van der Waals surface area contributed by atoms with Gasteiger partial charge in [0.15, 0.2) is 0 Å². The molecule has 2 aliphatic rings. The van der Waals surface area contributed by atoms with E-state index in [1.807, 2.05) is 31.2 Å². The summed E-state index contributed by atoms with van der Waals surface area (Å²) in [7, 11) is 0. The molecule has 3 N–H and O–H groups in total. The first-order valence-corrected chi connectivity index (χ1v) is 10.4. The van der Waals surface area contributed by atoms with E-state index in [1.54, 1.807) is 13.0 Å².